The Balaban J connectivity index is 2.16. The molecule has 3 nitrogen and oxygen atoms in total. The quantitative estimate of drug-likeness (QED) is 0.875. The van der Waals surface area contributed by atoms with Crippen molar-refractivity contribution in [1.29, 1.82) is 0 Å². The third-order valence-corrected chi connectivity index (χ3v) is 4.40. The molecular formula is C16H24ClNO2. The highest BCUT2D eigenvalue weighted by atomic mass is 35.5. The van der Waals surface area contributed by atoms with Gasteiger partial charge in [0.2, 0.25) is 0 Å². The maximum absolute atomic E-state index is 6.09. The molecule has 112 valence electrons. The second kappa shape index (κ2) is 7.41. The molecule has 1 heterocycles. The van der Waals surface area contributed by atoms with E-state index in [9.17, 15) is 0 Å². The van der Waals surface area contributed by atoms with Crippen molar-refractivity contribution < 1.29 is 9.47 Å². The SMILES string of the molecule is CCNC(Cc1cccc(Cl)c1)C1(OC)CCOCC1. The highest BCUT2D eigenvalue weighted by molar-refractivity contribution is 6.30. The molecule has 0 bridgehead atoms. The van der Waals surface area contributed by atoms with Crippen LogP contribution in [-0.2, 0) is 15.9 Å². The molecule has 0 aliphatic carbocycles. The van der Waals surface area contributed by atoms with Crippen molar-refractivity contribution in [1.82, 2.24) is 5.32 Å². The van der Waals surface area contributed by atoms with Gasteiger partial charge in [-0.25, -0.2) is 0 Å². The van der Waals surface area contributed by atoms with Crippen molar-refractivity contribution in [3.63, 3.8) is 0 Å². The summed E-state index contributed by atoms with van der Waals surface area (Å²) in [6, 6.07) is 8.35. The van der Waals surface area contributed by atoms with E-state index in [-0.39, 0.29) is 11.6 Å². The van der Waals surface area contributed by atoms with Gasteiger partial charge < -0.3 is 14.8 Å². The molecule has 1 fully saturated rings. The normalized spacial score (nSPS) is 19.8. The topological polar surface area (TPSA) is 30.5 Å². The minimum atomic E-state index is -0.142. The van der Waals surface area contributed by atoms with Gasteiger partial charge in [0.05, 0.1) is 5.60 Å². The fourth-order valence-corrected chi connectivity index (χ4v) is 3.21. The van der Waals surface area contributed by atoms with Crippen LogP contribution in [0.25, 0.3) is 0 Å². The summed E-state index contributed by atoms with van der Waals surface area (Å²) in [4.78, 5) is 0. The van der Waals surface area contributed by atoms with Gasteiger partial charge in [0.25, 0.3) is 0 Å². The minimum Gasteiger partial charge on any atom is -0.381 e. The van der Waals surface area contributed by atoms with Gasteiger partial charge in [-0.15, -0.1) is 0 Å². The molecule has 0 amide bonds. The number of benzene rings is 1. The fourth-order valence-electron chi connectivity index (χ4n) is 3.00. The van der Waals surface area contributed by atoms with Crippen LogP contribution in [0.3, 0.4) is 0 Å². The molecule has 0 aromatic heterocycles. The first kappa shape index (κ1) is 15.8. The minimum absolute atomic E-state index is 0.142. The van der Waals surface area contributed by atoms with E-state index in [0.717, 1.165) is 44.0 Å². The molecule has 0 radical (unpaired) electrons. The molecule has 1 aliphatic heterocycles. The summed E-state index contributed by atoms with van der Waals surface area (Å²) >= 11 is 6.09. The van der Waals surface area contributed by atoms with Crippen molar-refractivity contribution in [2.45, 2.75) is 37.8 Å². The smallest absolute Gasteiger partial charge is 0.0877 e. The molecule has 2 rings (SSSR count). The van der Waals surface area contributed by atoms with Gasteiger partial charge in [0.1, 0.15) is 0 Å². The first-order valence-electron chi connectivity index (χ1n) is 7.31. The maximum Gasteiger partial charge on any atom is 0.0877 e. The molecule has 1 aliphatic rings. The average Bonchev–Trinajstić information content (AvgIpc) is 2.47. The van der Waals surface area contributed by atoms with Crippen LogP contribution in [0.4, 0.5) is 0 Å². The Kier molecular flexibility index (Phi) is 5.85. The van der Waals surface area contributed by atoms with Crippen molar-refractivity contribution >= 4 is 11.6 Å². The molecule has 1 unspecified atom stereocenters. The zero-order valence-electron chi connectivity index (χ0n) is 12.3. The van der Waals surface area contributed by atoms with E-state index in [1.54, 1.807) is 0 Å². The van der Waals surface area contributed by atoms with Gasteiger partial charge in [-0.1, -0.05) is 30.7 Å². The second-order valence-corrected chi connectivity index (χ2v) is 5.76. The zero-order chi connectivity index (χ0) is 14.4. The number of hydrogen-bond acceptors (Lipinski definition) is 3. The van der Waals surface area contributed by atoms with E-state index in [1.165, 1.54) is 5.56 Å². The van der Waals surface area contributed by atoms with Crippen LogP contribution in [0.15, 0.2) is 24.3 Å². The van der Waals surface area contributed by atoms with Crippen LogP contribution < -0.4 is 5.32 Å². The van der Waals surface area contributed by atoms with E-state index in [1.807, 2.05) is 25.3 Å². The van der Waals surface area contributed by atoms with Gasteiger partial charge >= 0.3 is 0 Å². The largest absolute Gasteiger partial charge is 0.381 e. The van der Waals surface area contributed by atoms with Crippen LogP contribution in [0.1, 0.15) is 25.3 Å². The predicted octanol–water partition coefficient (Wildman–Crippen LogP) is 3.06. The monoisotopic (exact) mass is 297 g/mol. The average molecular weight is 298 g/mol. The van der Waals surface area contributed by atoms with Crippen molar-refractivity contribution in [3.8, 4) is 0 Å². The van der Waals surface area contributed by atoms with E-state index < -0.39 is 0 Å². The van der Waals surface area contributed by atoms with Gasteiger partial charge in [-0.3, -0.25) is 0 Å². The summed E-state index contributed by atoms with van der Waals surface area (Å²) in [5.74, 6) is 0. The lowest BCUT2D eigenvalue weighted by atomic mass is 9.82. The van der Waals surface area contributed by atoms with Crippen LogP contribution >= 0.6 is 11.6 Å². The van der Waals surface area contributed by atoms with Crippen LogP contribution in [0, 0.1) is 0 Å². The molecule has 1 saturated heterocycles. The molecule has 0 saturated carbocycles. The molecule has 4 heteroatoms. The number of ether oxygens (including phenoxy) is 2. The molecule has 1 aromatic rings. The van der Waals surface area contributed by atoms with E-state index >= 15 is 0 Å². The standard InChI is InChI=1S/C16H24ClNO2/c1-3-18-15(12-13-5-4-6-14(17)11-13)16(19-2)7-9-20-10-8-16/h4-6,11,15,18H,3,7-10,12H2,1-2H3. The number of hydrogen-bond donors (Lipinski definition) is 1. The molecule has 1 aromatic carbocycles. The third-order valence-electron chi connectivity index (χ3n) is 4.16. The van der Waals surface area contributed by atoms with Crippen molar-refractivity contribution in [2.24, 2.45) is 0 Å². The lowest BCUT2D eigenvalue weighted by Crippen LogP contribution is -2.56. The van der Waals surface area contributed by atoms with E-state index in [2.05, 4.69) is 18.3 Å². The summed E-state index contributed by atoms with van der Waals surface area (Å²) in [7, 11) is 1.81. The molecule has 1 atom stereocenters. The second-order valence-electron chi connectivity index (χ2n) is 5.33. The Labute approximate surface area is 126 Å². The van der Waals surface area contributed by atoms with Crippen LogP contribution in [0.2, 0.25) is 5.02 Å². The van der Waals surface area contributed by atoms with Gasteiger partial charge in [-0.2, -0.15) is 0 Å². The first-order valence-corrected chi connectivity index (χ1v) is 7.68. The van der Waals surface area contributed by atoms with Crippen molar-refractivity contribution in [3.05, 3.63) is 34.9 Å². The molecule has 0 spiro atoms. The lowest BCUT2D eigenvalue weighted by molar-refractivity contribution is -0.110. The highest BCUT2D eigenvalue weighted by Gasteiger charge is 2.40. The highest BCUT2D eigenvalue weighted by Crippen LogP contribution is 2.30. The van der Waals surface area contributed by atoms with Crippen LogP contribution in [-0.4, -0.2) is 38.5 Å². The summed E-state index contributed by atoms with van der Waals surface area (Å²) in [6.45, 7) is 4.60. The Morgan fingerprint density at radius 3 is 2.75 bits per heavy atom. The summed E-state index contributed by atoms with van der Waals surface area (Å²) < 4.78 is 11.4. The first-order chi connectivity index (χ1) is 9.70. The third kappa shape index (κ3) is 3.73. The summed E-state index contributed by atoms with van der Waals surface area (Å²) in [5, 5.41) is 4.38. The van der Waals surface area contributed by atoms with E-state index in [4.69, 9.17) is 21.1 Å². The fraction of sp³-hybridized carbons (Fsp3) is 0.625. The maximum atomic E-state index is 6.09. The van der Waals surface area contributed by atoms with E-state index in [0.29, 0.717) is 0 Å². The number of methoxy groups -OCH3 is 1. The summed E-state index contributed by atoms with van der Waals surface area (Å²) in [6.07, 6.45) is 2.78. The number of nitrogens with one attached hydrogen (secondary N) is 1. The molecule has 1 N–H and O–H groups in total. The number of likely N-dealkylation sites (N-methyl/N-ethyl adjacent to an activating group) is 1. The summed E-state index contributed by atoms with van der Waals surface area (Å²) in [5.41, 5.74) is 1.10. The van der Waals surface area contributed by atoms with Gasteiger partial charge in [0.15, 0.2) is 0 Å². The molecule has 20 heavy (non-hydrogen) atoms. The number of rotatable bonds is 6. The molecular weight excluding hydrogens is 274 g/mol. The lowest BCUT2D eigenvalue weighted by Gasteiger charge is -2.42. The Hall–Kier alpha value is -0.610. The Bertz CT molecular complexity index is 419. The van der Waals surface area contributed by atoms with Gasteiger partial charge in [-0.05, 0) is 30.7 Å². The van der Waals surface area contributed by atoms with Gasteiger partial charge in [0, 0.05) is 44.2 Å². The van der Waals surface area contributed by atoms with Crippen LogP contribution in [0.5, 0.6) is 0 Å². The predicted molar refractivity (Wildman–Crippen MR) is 82.4 cm³/mol. The zero-order valence-corrected chi connectivity index (χ0v) is 13.1. The Morgan fingerprint density at radius 1 is 1.40 bits per heavy atom. The Morgan fingerprint density at radius 2 is 2.15 bits per heavy atom. The number of halogens is 1. The van der Waals surface area contributed by atoms with Crippen molar-refractivity contribution in [2.75, 3.05) is 26.9 Å².